The molecule has 0 aliphatic carbocycles. The third-order valence-corrected chi connectivity index (χ3v) is 14.8. The molecule has 0 fully saturated rings. The summed E-state index contributed by atoms with van der Waals surface area (Å²) in [6, 6.07) is 0. The number of ether oxygens (including phenoxy) is 3. The molecule has 6 heteroatoms. The number of unbranched alkanes of at least 4 members (excludes halogenated alkanes) is 42. The summed E-state index contributed by atoms with van der Waals surface area (Å²) in [7, 11) is 0. The molecule has 0 aromatic heterocycles. The van der Waals surface area contributed by atoms with E-state index in [1.807, 2.05) is 0 Å². The highest BCUT2D eigenvalue weighted by molar-refractivity contribution is 5.71. The number of hydrogen-bond acceptors (Lipinski definition) is 6. The van der Waals surface area contributed by atoms with Crippen LogP contribution in [-0.2, 0) is 28.6 Å². The smallest absolute Gasteiger partial charge is 0.306 e. The Balaban J connectivity index is 4.35. The van der Waals surface area contributed by atoms with Gasteiger partial charge in [-0.25, -0.2) is 0 Å². The second kappa shape index (κ2) is 63.9. The first kappa shape index (κ1) is 72.4. The standard InChI is InChI=1S/C69H126O6/c1-4-7-10-13-16-19-22-25-28-31-34-37-40-43-46-49-52-55-58-61-67(70)73-64-66(75-69(72)63-60-57-54-51-48-45-42-39-36-33-30-27-24-21-18-15-12-9-6-3)65-74-68(71)62-59-56-53-50-47-44-41-38-35-32-29-26-23-20-17-14-11-8-5-2/h16,19,25-30,66H,4-15,17-18,20-24,31-65H2,1-3H3/b19-16-,28-25-,29-26-,30-27-/t66-/m1/s1. The summed E-state index contributed by atoms with van der Waals surface area (Å²) in [4.78, 5) is 38.4. The van der Waals surface area contributed by atoms with E-state index in [1.54, 1.807) is 0 Å². The zero-order chi connectivity index (χ0) is 54.3. The minimum Gasteiger partial charge on any atom is -0.462 e. The van der Waals surface area contributed by atoms with E-state index in [1.165, 1.54) is 250 Å². The first-order valence-corrected chi connectivity index (χ1v) is 33.1. The summed E-state index contributed by atoms with van der Waals surface area (Å²) in [5.41, 5.74) is 0. The van der Waals surface area contributed by atoms with Gasteiger partial charge in [0, 0.05) is 19.3 Å². The summed E-state index contributed by atoms with van der Waals surface area (Å²) in [6.07, 6.45) is 79.7. The van der Waals surface area contributed by atoms with Crippen LogP contribution in [0.1, 0.15) is 355 Å². The highest BCUT2D eigenvalue weighted by Gasteiger charge is 2.19. The molecule has 0 saturated carbocycles. The zero-order valence-electron chi connectivity index (χ0n) is 50.3. The van der Waals surface area contributed by atoms with Gasteiger partial charge in [-0.05, 0) is 103 Å². The van der Waals surface area contributed by atoms with E-state index in [9.17, 15) is 14.4 Å². The second-order valence-corrected chi connectivity index (χ2v) is 22.4. The average molecular weight is 1050 g/mol. The molecule has 0 aromatic rings. The maximum absolute atomic E-state index is 12.9. The molecule has 0 saturated heterocycles. The quantitative estimate of drug-likeness (QED) is 0.0261. The molecule has 75 heavy (non-hydrogen) atoms. The molecule has 0 amide bonds. The molecule has 0 rings (SSSR count). The van der Waals surface area contributed by atoms with Crippen molar-refractivity contribution >= 4 is 17.9 Å². The van der Waals surface area contributed by atoms with Gasteiger partial charge < -0.3 is 14.2 Å². The van der Waals surface area contributed by atoms with Gasteiger partial charge >= 0.3 is 17.9 Å². The molecule has 0 radical (unpaired) electrons. The first-order valence-electron chi connectivity index (χ1n) is 33.1. The van der Waals surface area contributed by atoms with Gasteiger partial charge in [-0.3, -0.25) is 14.4 Å². The molecule has 0 aliphatic heterocycles. The summed E-state index contributed by atoms with van der Waals surface area (Å²) in [5, 5.41) is 0. The number of rotatable bonds is 61. The lowest BCUT2D eigenvalue weighted by Gasteiger charge is -2.18. The summed E-state index contributed by atoms with van der Waals surface area (Å²) in [6.45, 7) is 6.66. The maximum atomic E-state index is 12.9. The maximum Gasteiger partial charge on any atom is 0.306 e. The van der Waals surface area contributed by atoms with Crippen LogP contribution in [-0.4, -0.2) is 37.2 Å². The fourth-order valence-electron chi connectivity index (χ4n) is 9.76. The van der Waals surface area contributed by atoms with Gasteiger partial charge in [-0.2, -0.15) is 0 Å². The van der Waals surface area contributed by atoms with Crippen LogP contribution >= 0.6 is 0 Å². The molecule has 0 aliphatic rings. The van der Waals surface area contributed by atoms with Crippen LogP contribution in [0, 0.1) is 0 Å². The fourth-order valence-corrected chi connectivity index (χ4v) is 9.76. The Kier molecular flexibility index (Phi) is 61.7. The number of esters is 3. The van der Waals surface area contributed by atoms with Crippen molar-refractivity contribution in [2.75, 3.05) is 13.2 Å². The number of carbonyl (C=O) groups excluding carboxylic acids is 3. The van der Waals surface area contributed by atoms with Crippen molar-refractivity contribution in [2.45, 2.75) is 361 Å². The molecule has 0 bridgehead atoms. The minimum absolute atomic E-state index is 0.0736. The summed E-state index contributed by atoms with van der Waals surface area (Å²) >= 11 is 0. The fraction of sp³-hybridized carbons (Fsp3) is 0.841. The van der Waals surface area contributed by atoms with Gasteiger partial charge in [0.15, 0.2) is 6.10 Å². The second-order valence-electron chi connectivity index (χ2n) is 22.4. The SMILES string of the molecule is CCCCC/C=C\C/C=C\CCCCCCCCCCCC(=O)OC[C@H](COC(=O)CCCCCCCCCCC/C=C\CCCCCCCC)OC(=O)CCCCCCCCCCC/C=C\CCCCCCCC. The normalized spacial score (nSPS) is 12.3. The van der Waals surface area contributed by atoms with E-state index in [2.05, 4.69) is 69.4 Å². The van der Waals surface area contributed by atoms with E-state index in [0.717, 1.165) is 64.2 Å². The molecule has 0 aromatic carbocycles. The van der Waals surface area contributed by atoms with Crippen LogP contribution in [0.25, 0.3) is 0 Å². The Bertz CT molecular complexity index is 1300. The largest absolute Gasteiger partial charge is 0.462 e. The number of allylic oxidation sites excluding steroid dienone is 8. The van der Waals surface area contributed by atoms with Gasteiger partial charge in [0.05, 0.1) is 0 Å². The van der Waals surface area contributed by atoms with E-state index >= 15 is 0 Å². The van der Waals surface area contributed by atoms with E-state index in [0.29, 0.717) is 19.3 Å². The molecule has 0 heterocycles. The van der Waals surface area contributed by atoms with E-state index in [-0.39, 0.29) is 31.1 Å². The number of hydrogen-bond donors (Lipinski definition) is 0. The Morgan fingerprint density at radius 3 is 0.773 bits per heavy atom. The van der Waals surface area contributed by atoms with Crippen molar-refractivity contribution in [3.05, 3.63) is 48.6 Å². The van der Waals surface area contributed by atoms with Crippen LogP contribution in [0.2, 0.25) is 0 Å². The lowest BCUT2D eigenvalue weighted by atomic mass is 10.1. The Morgan fingerprint density at radius 2 is 0.480 bits per heavy atom. The Hall–Kier alpha value is -2.63. The van der Waals surface area contributed by atoms with Crippen LogP contribution in [0.3, 0.4) is 0 Å². The van der Waals surface area contributed by atoms with Gasteiger partial charge in [-0.15, -0.1) is 0 Å². The third-order valence-electron chi connectivity index (χ3n) is 14.8. The monoisotopic (exact) mass is 1050 g/mol. The van der Waals surface area contributed by atoms with Gasteiger partial charge in [0.2, 0.25) is 0 Å². The highest BCUT2D eigenvalue weighted by Crippen LogP contribution is 2.17. The molecule has 0 spiro atoms. The predicted molar refractivity (Wildman–Crippen MR) is 325 cm³/mol. The predicted octanol–water partition coefficient (Wildman–Crippen LogP) is 22.6. The molecule has 1 atom stereocenters. The van der Waals surface area contributed by atoms with Crippen molar-refractivity contribution in [1.82, 2.24) is 0 Å². The third kappa shape index (κ3) is 62.1. The minimum atomic E-state index is -0.777. The van der Waals surface area contributed by atoms with Gasteiger partial charge in [-0.1, -0.05) is 281 Å². The van der Waals surface area contributed by atoms with Crippen molar-refractivity contribution in [2.24, 2.45) is 0 Å². The lowest BCUT2D eigenvalue weighted by Crippen LogP contribution is -2.30. The molecule has 0 unspecified atom stereocenters. The summed E-state index contributed by atoms with van der Waals surface area (Å²) in [5.74, 6) is -0.860. The van der Waals surface area contributed by atoms with Gasteiger partial charge in [0.1, 0.15) is 13.2 Å². The number of carbonyl (C=O) groups is 3. The van der Waals surface area contributed by atoms with Gasteiger partial charge in [0.25, 0.3) is 0 Å². The Labute approximate surface area is 467 Å². The topological polar surface area (TPSA) is 78.9 Å². The van der Waals surface area contributed by atoms with Crippen LogP contribution in [0.4, 0.5) is 0 Å². The Morgan fingerprint density at radius 1 is 0.267 bits per heavy atom. The first-order chi connectivity index (χ1) is 37.0. The van der Waals surface area contributed by atoms with E-state index in [4.69, 9.17) is 14.2 Å². The van der Waals surface area contributed by atoms with Crippen molar-refractivity contribution in [3.63, 3.8) is 0 Å². The molecular weight excluding hydrogens is 925 g/mol. The lowest BCUT2D eigenvalue weighted by molar-refractivity contribution is -0.167. The molecule has 0 N–H and O–H groups in total. The van der Waals surface area contributed by atoms with Crippen LogP contribution in [0.5, 0.6) is 0 Å². The van der Waals surface area contributed by atoms with Crippen molar-refractivity contribution in [1.29, 1.82) is 0 Å². The summed E-state index contributed by atoms with van der Waals surface area (Å²) < 4.78 is 17.0. The zero-order valence-corrected chi connectivity index (χ0v) is 50.3. The molecular formula is C69H126O6. The van der Waals surface area contributed by atoms with Crippen LogP contribution in [0.15, 0.2) is 48.6 Å². The highest BCUT2D eigenvalue weighted by atomic mass is 16.6. The average Bonchev–Trinajstić information content (AvgIpc) is 3.41. The molecule has 438 valence electrons. The van der Waals surface area contributed by atoms with Crippen molar-refractivity contribution < 1.29 is 28.6 Å². The molecule has 6 nitrogen and oxygen atoms in total. The van der Waals surface area contributed by atoms with Crippen LogP contribution < -0.4 is 0 Å². The van der Waals surface area contributed by atoms with Crippen molar-refractivity contribution in [3.8, 4) is 0 Å². The van der Waals surface area contributed by atoms with E-state index < -0.39 is 6.10 Å².